The van der Waals surface area contributed by atoms with Crippen molar-refractivity contribution in [1.29, 1.82) is 0 Å². The maximum atomic E-state index is 13.1. The molecule has 0 saturated carbocycles. The van der Waals surface area contributed by atoms with E-state index in [0.29, 0.717) is 19.4 Å². The van der Waals surface area contributed by atoms with Crippen LogP contribution >= 0.6 is 37.2 Å². The fraction of sp³-hybridized carbons (Fsp3) is 0.560. The third kappa shape index (κ3) is 6.10. The van der Waals surface area contributed by atoms with E-state index in [1.54, 1.807) is 17.3 Å². The molecule has 2 unspecified atom stereocenters. The molecule has 2 amide bonds. The van der Waals surface area contributed by atoms with Crippen LogP contribution in [0.4, 0.5) is 5.95 Å². The van der Waals surface area contributed by atoms with E-state index < -0.39 is 0 Å². The Morgan fingerprint density at radius 3 is 2.14 bits per heavy atom. The van der Waals surface area contributed by atoms with Gasteiger partial charge in [0.25, 0.3) is 0 Å². The summed E-state index contributed by atoms with van der Waals surface area (Å²) in [6, 6.07) is 3.92. The van der Waals surface area contributed by atoms with Gasteiger partial charge in [-0.05, 0) is 69.3 Å². The maximum absolute atomic E-state index is 13.1. The smallest absolute Gasteiger partial charge is 0.233 e. The molecule has 0 spiro atoms. The van der Waals surface area contributed by atoms with Crippen LogP contribution in [0.25, 0.3) is 0 Å². The lowest BCUT2D eigenvalue weighted by molar-refractivity contribution is -0.139. The van der Waals surface area contributed by atoms with Gasteiger partial charge < -0.3 is 4.90 Å². The van der Waals surface area contributed by atoms with Crippen molar-refractivity contribution in [3.63, 3.8) is 0 Å². The van der Waals surface area contributed by atoms with Gasteiger partial charge in [-0.15, -0.1) is 37.2 Å². The summed E-state index contributed by atoms with van der Waals surface area (Å²) in [6.07, 6.45) is 6.71. The van der Waals surface area contributed by atoms with E-state index in [9.17, 15) is 9.59 Å². The summed E-state index contributed by atoms with van der Waals surface area (Å²) in [4.78, 5) is 45.6. The number of pyridine rings is 1. The number of rotatable bonds is 6. The highest BCUT2D eigenvalue weighted by atomic mass is 35.5. The number of hydrogen-bond acceptors (Lipinski definition) is 7. The van der Waals surface area contributed by atoms with Gasteiger partial charge in [0.15, 0.2) is 0 Å². The Kier molecular flexibility index (Phi) is 10.9. The van der Waals surface area contributed by atoms with Crippen LogP contribution in [-0.2, 0) is 22.4 Å². The number of anilines is 1. The van der Waals surface area contributed by atoms with E-state index in [-0.39, 0.29) is 60.9 Å². The first-order valence-corrected chi connectivity index (χ1v) is 12.1. The molecule has 0 N–H and O–H groups in total. The number of halogens is 3. The molecule has 5 rings (SSSR count). The van der Waals surface area contributed by atoms with Gasteiger partial charge in [-0.3, -0.25) is 24.4 Å². The van der Waals surface area contributed by atoms with Crippen molar-refractivity contribution in [3.05, 3.63) is 47.0 Å². The summed E-state index contributed by atoms with van der Waals surface area (Å²) >= 11 is 0. The molecule has 0 radical (unpaired) electrons. The van der Waals surface area contributed by atoms with Gasteiger partial charge >= 0.3 is 0 Å². The highest BCUT2D eigenvalue weighted by Crippen LogP contribution is 2.38. The van der Waals surface area contributed by atoms with Crippen molar-refractivity contribution in [1.82, 2.24) is 24.8 Å². The van der Waals surface area contributed by atoms with Crippen molar-refractivity contribution in [2.75, 3.05) is 44.2 Å². The maximum Gasteiger partial charge on any atom is 0.233 e. The fourth-order valence-electron chi connectivity index (χ4n) is 5.62. The highest BCUT2D eigenvalue weighted by molar-refractivity contribution is 6.05. The molecule has 1 aliphatic carbocycles. The van der Waals surface area contributed by atoms with E-state index in [2.05, 4.69) is 30.8 Å². The van der Waals surface area contributed by atoms with Crippen LogP contribution in [0.3, 0.4) is 0 Å². The summed E-state index contributed by atoms with van der Waals surface area (Å²) in [5.41, 5.74) is 4.35. The minimum absolute atomic E-state index is 0. The highest BCUT2D eigenvalue weighted by Gasteiger charge is 2.49. The van der Waals surface area contributed by atoms with Crippen molar-refractivity contribution >= 4 is 55.0 Å². The first kappa shape index (κ1) is 30.2. The van der Waals surface area contributed by atoms with E-state index in [1.807, 2.05) is 19.9 Å². The topological polar surface area (TPSA) is 82.5 Å². The number of imide groups is 1. The van der Waals surface area contributed by atoms with Gasteiger partial charge in [-0.2, -0.15) is 0 Å². The first-order valence-electron chi connectivity index (χ1n) is 12.1. The number of nitrogens with zero attached hydrogens (tertiary/aromatic N) is 6. The van der Waals surface area contributed by atoms with Gasteiger partial charge in [-0.1, -0.05) is 0 Å². The third-order valence-corrected chi connectivity index (χ3v) is 7.38. The summed E-state index contributed by atoms with van der Waals surface area (Å²) in [5.74, 6) is 0.445. The van der Waals surface area contributed by atoms with Crippen LogP contribution in [0, 0.1) is 25.7 Å². The Balaban J connectivity index is 0.00000152. The number of fused-ring (bicyclic) bond motifs is 2. The molecule has 2 aliphatic heterocycles. The first-order chi connectivity index (χ1) is 16.0. The Labute approximate surface area is 231 Å². The zero-order valence-corrected chi connectivity index (χ0v) is 23.2. The second-order valence-electron chi connectivity index (χ2n) is 9.52. The molecule has 0 bridgehead atoms. The zero-order chi connectivity index (χ0) is 22.9. The molecule has 8 nitrogen and oxygen atoms in total. The number of amides is 2. The van der Waals surface area contributed by atoms with Crippen molar-refractivity contribution < 1.29 is 9.59 Å². The molecule has 2 aromatic heterocycles. The van der Waals surface area contributed by atoms with Crippen LogP contribution in [0.2, 0.25) is 0 Å². The number of aromatic nitrogens is 3. The minimum atomic E-state index is -0.207. The quantitative estimate of drug-likeness (QED) is 0.399. The number of likely N-dealkylation sites (tertiary alicyclic amines) is 1. The van der Waals surface area contributed by atoms with Gasteiger partial charge in [0.05, 0.1) is 11.8 Å². The second-order valence-corrected chi connectivity index (χ2v) is 9.52. The monoisotopic (exact) mass is 556 g/mol. The molecule has 3 aliphatic rings. The molecule has 11 heteroatoms. The number of unbranched alkanes of at least 4 members (excludes halogenated alkanes) is 1. The van der Waals surface area contributed by atoms with Crippen LogP contribution < -0.4 is 4.90 Å². The van der Waals surface area contributed by atoms with Crippen molar-refractivity contribution in [2.24, 2.45) is 11.8 Å². The van der Waals surface area contributed by atoms with Gasteiger partial charge in [-0.25, -0.2) is 9.97 Å². The fourth-order valence-corrected chi connectivity index (χ4v) is 5.62. The molecular weight excluding hydrogens is 523 g/mol. The molecule has 4 heterocycles. The Morgan fingerprint density at radius 2 is 1.47 bits per heavy atom. The molecular formula is C25H35Cl3N6O2. The summed E-state index contributed by atoms with van der Waals surface area (Å²) in [7, 11) is 0. The normalized spacial score (nSPS) is 21.2. The van der Waals surface area contributed by atoms with Gasteiger partial charge in [0.2, 0.25) is 17.8 Å². The zero-order valence-electron chi connectivity index (χ0n) is 20.8. The molecule has 2 saturated heterocycles. The lowest BCUT2D eigenvalue weighted by atomic mass is 9.77. The largest absolute Gasteiger partial charge is 0.338 e. The second kappa shape index (κ2) is 13.0. The number of aryl methyl sites for hydroxylation is 2. The van der Waals surface area contributed by atoms with E-state index in [4.69, 9.17) is 0 Å². The molecule has 2 aromatic rings. The number of hydrogen-bond donors (Lipinski definition) is 0. The average molecular weight is 558 g/mol. The van der Waals surface area contributed by atoms with Crippen LogP contribution in [0.15, 0.2) is 24.5 Å². The van der Waals surface area contributed by atoms with Gasteiger partial charge in [0.1, 0.15) is 0 Å². The van der Waals surface area contributed by atoms with E-state index >= 15 is 0 Å². The Morgan fingerprint density at radius 1 is 0.861 bits per heavy atom. The standard InChI is InChI=1S/C25H32N6O2.3ClH/c1-17-14-19-15-21-22(16-20(19)18(2)28-17)24(33)31(23(21)32)9-4-3-8-29-10-12-30(13-11-29)25-26-6-5-7-27-25;;;/h5-7,14,21-22H,3-4,8-13,15-16H2,1-2H3;3*1H. The lowest BCUT2D eigenvalue weighted by Crippen LogP contribution is -2.47. The Bertz CT molecular complexity index is 1050. The van der Waals surface area contributed by atoms with Crippen molar-refractivity contribution in [2.45, 2.75) is 39.5 Å². The predicted molar refractivity (Wildman–Crippen MR) is 146 cm³/mol. The van der Waals surface area contributed by atoms with E-state index in [0.717, 1.165) is 62.9 Å². The third-order valence-electron chi connectivity index (χ3n) is 7.38. The van der Waals surface area contributed by atoms with Gasteiger partial charge in [0, 0.05) is 56.5 Å². The lowest BCUT2D eigenvalue weighted by Gasteiger charge is -2.34. The van der Waals surface area contributed by atoms with Crippen LogP contribution in [-0.4, -0.2) is 75.8 Å². The molecule has 0 aromatic carbocycles. The van der Waals surface area contributed by atoms with Crippen molar-refractivity contribution in [3.8, 4) is 0 Å². The summed E-state index contributed by atoms with van der Waals surface area (Å²) in [6.45, 7) is 9.33. The molecule has 36 heavy (non-hydrogen) atoms. The molecule has 198 valence electrons. The minimum Gasteiger partial charge on any atom is -0.338 e. The average Bonchev–Trinajstić information content (AvgIpc) is 3.05. The van der Waals surface area contributed by atoms with E-state index in [1.165, 1.54) is 11.1 Å². The Hall–Kier alpha value is -2.00. The number of carbonyl (C=O) groups is 2. The number of carbonyl (C=O) groups excluding carboxylic acids is 2. The molecule has 2 atom stereocenters. The summed E-state index contributed by atoms with van der Waals surface area (Å²) < 4.78 is 0. The van der Waals surface area contributed by atoms with Crippen LogP contribution in [0.5, 0.6) is 0 Å². The SMILES string of the molecule is Cc1cc2c(c(C)n1)CC1C(=O)N(CCCCN3CCN(c4ncccn4)CC3)C(=O)C1C2.Cl.Cl.Cl. The van der Waals surface area contributed by atoms with Crippen LogP contribution in [0.1, 0.15) is 35.4 Å². The predicted octanol–water partition coefficient (Wildman–Crippen LogP) is 3.06. The molecule has 2 fully saturated rings. The number of piperazine rings is 1. The summed E-state index contributed by atoms with van der Waals surface area (Å²) in [5, 5.41) is 0.